The van der Waals surface area contributed by atoms with Crippen molar-refractivity contribution in [3.05, 3.63) is 23.8 Å². The maximum absolute atomic E-state index is 12.5. The van der Waals surface area contributed by atoms with Crippen molar-refractivity contribution in [1.82, 2.24) is 9.80 Å². The van der Waals surface area contributed by atoms with E-state index in [-0.39, 0.29) is 17.4 Å². The zero-order chi connectivity index (χ0) is 22.6. The Balaban J connectivity index is 1.60. The predicted octanol–water partition coefficient (Wildman–Crippen LogP) is 2.50. The molecule has 0 unspecified atom stereocenters. The Morgan fingerprint density at radius 2 is 1.61 bits per heavy atom. The van der Waals surface area contributed by atoms with Crippen molar-refractivity contribution in [2.24, 2.45) is 5.41 Å². The monoisotopic (exact) mass is 430 g/mol. The summed E-state index contributed by atoms with van der Waals surface area (Å²) in [6.45, 7) is 10.5. The number of nitrogens with zero attached hydrogens (tertiary/aromatic N) is 3. The number of likely N-dealkylation sites (tertiary alicyclic amines) is 1. The number of piperidine rings is 1. The minimum absolute atomic E-state index is 0.0813. The molecule has 2 N–H and O–H groups in total. The summed E-state index contributed by atoms with van der Waals surface area (Å²) >= 11 is 0. The van der Waals surface area contributed by atoms with Crippen LogP contribution in [0.3, 0.4) is 0 Å². The molecule has 2 aliphatic heterocycles. The third-order valence-electron chi connectivity index (χ3n) is 5.97. The maximum atomic E-state index is 12.5. The SMILES string of the molecule is CC(C)(C)C(=O)Nc1ccc(N2CCN(CC(=O)N3CCCCC3)CC2)cc1C(=O)O. The fourth-order valence-corrected chi connectivity index (χ4v) is 3.92. The number of hydrogen-bond donors (Lipinski definition) is 2. The van der Waals surface area contributed by atoms with Gasteiger partial charge >= 0.3 is 5.97 Å². The van der Waals surface area contributed by atoms with Crippen molar-refractivity contribution in [3.8, 4) is 0 Å². The van der Waals surface area contributed by atoms with Crippen molar-refractivity contribution in [1.29, 1.82) is 0 Å². The Labute approximate surface area is 184 Å². The molecule has 31 heavy (non-hydrogen) atoms. The highest BCUT2D eigenvalue weighted by atomic mass is 16.4. The number of benzene rings is 1. The molecule has 0 aromatic heterocycles. The highest BCUT2D eigenvalue weighted by molar-refractivity contribution is 6.02. The summed E-state index contributed by atoms with van der Waals surface area (Å²) in [6.07, 6.45) is 3.40. The number of carbonyl (C=O) groups is 3. The third-order valence-corrected chi connectivity index (χ3v) is 5.97. The summed E-state index contributed by atoms with van der Waals surface area (Å²) in [5.74, 6) is -1.09. The predicted molar refractivity (Wildman–Crippen MR) is 121 cm³/mol. The van der Waals surface area contributed by atoms with Gasteiger partial charge in [-0.1, -0.05) is 20.8 Å². The molecule has 0 spiro atoms. The molecule has 2 aliphatic rings. The first kappa shape index (κ1) is 23.1. The van der Waals surface area contributed by atoms with Crippen LogP contribution in [0.2, 0.25) is 0 Å². The molecule has 170 valence electrons. The van der Waals surface area contributed by atoms with Gasteiger partial charge in [-0.3, -0.25) is 14.5 Å². The second-order valence-electron chi connectivity index (χ2n) is 9.44. The second-order valence-corrected chi connectivity index (χ2v) is 9.44. The van der Waals surface area contributed by atoms with Gasteiger partial charge in [-0.05, 0) is 37.5 Å². The lowest BCUT2D eigenvalue weighted by Crippen LogP contribution is -2.50. The van der Waals surface area contributed by atoms with Crippen LogP contribution < -0.4 is 10.2 Å². The second kappa shape index (κ2) is 9.68. The summed E-state index contributed by atoms with van der Waals surface area (Å²) in [7, 11) is 0. The summed E-state index contributed by atoms with van der Waals surface area (Å²) < 4.78 is 0. The van der Waals surface area contributed by atoms with Gasteiger partial charge in [0.15, 0.2) is 0 Å². The Morgan fingerprint density at radius 1 is 0.968 bits per heavy atom. The van der Waals surface area contributed by atoms with Gasteiger partial charge in [-0.15, -0.1) is 0 Å². The van der Waals surface area contributed by atoms with E-state index in [4.69, 9.17) is 0 Å². The van der Waals surface area contributed by atoms with Crippen molar-refractivity contribution >= 4 is 29.2 Å². The fraction of sp³-hybridized carbons (Fsp3) is 0.609. The Hall–Kier alpha value is -2.61. The number of aromatic carboxylic acids is 1. The van der Waals surface area contributed by atoms with Crippen LogP contribution in [0.25, 0.3) is 0 Å². The molecule has 2 fully saturated rings. The van der Waals surface area contributed by atoms with Gasteiger partial charge in [0.2, 0.25) is 11.8 Å². The van der Waals surface area contributed by atoms with E-state index in [1.54, 1.807) is 32.9 Å². The minimum atomic E-state index is -1.07. The van der Waals surface area contributed by atoms with Crippen LogP contribution in [-0.4, -0.2) is 78.5 Å². The molecule has 3 rings (SSSR count). The molecule has 0 radical (unpaired) electrons. The summed E-state index contributed by atoms with van der Waals surface area (Å²) in [5.41, 5.74) is 0.587. The average Bonchev–Trinajstić information content (AvgIpc) is 2.74. The van der Waals surface area contributed by atoms with Crippen LogP contribution in [0.15, 0.2) is 18.2 Å². The van der Waals surface area contributed by atoms with E-state index in [0.29, 0.717) is 12.2 Å². The van der Waals surface area contributed by atoms with Crippen LogP contribution in [0, 0.1) is 5.41 Å². The van der Waals surface area contributed by atoms with E-state index >= 15 is 0 Å². The highest BCUT2D eigenvalue weighted by Crippen LogP contribution is 2.26. The molecule has 2 saturated heterocycles. The molecule has 2 amide bonds. The van der Waals surface area contributed by atoms with Gasteiger partial charge in [-0.2, -0.15) is 0 Å². The van der Waals surface area contributed by atoms with Crippen LogP contribution in [0.5, 0.6) is 0 Å². The number of rotatable bonds is 5. The number of anilines is 2. The molecular weight excluding hydrogens is 396 g/mol. The number of nitrogens with one attached hydrogen (secondary N) is 1. The van der Waals surface area contributed by atoms with E-state index in [1.807, 2.05) is 11.0 Å². The quantitative estimate of drug-likeness (QED) is 0.746. The van der Waals surface area contributed by atoms with Crippen LogP contribution in [0.4, 0.5) is 11.4 Å². The van der Waals surface area contributed by atoms with Gasteiger partial charge in [0.25, 0.3) is 0 Å². The Kier molecular flexibility index (Phi) is 7.20. The van der Waals surface area contributed by atoms with E-state index in [2.05, 4.69) is 15.1 Å². The molecule has 1 aromatic rings. The van der Waals surface area contributed by atoms with E-state index in [1.165, 1.54) is 6.42 Å². The van der Waals surface area contributed by atoms with E-state index in [0.717, 1.165) is 57.8 Å². The molecule has 1 aromatic carbocycles. The van der Waals surface area contributed by atoms with Crippen LogP contribution in [0.1, 0.15) is 50.4 Å². The number of piperazine rings is 1. The third kappa shape index (κ3) is 5.97. The van der Waals surface area contributed by atoms with Crippen molar-refractivity contribution in [2.45, 2.75) is 40.0 Å². The molecular formula is C23H34N4O4. The molecule has 2 heterocycles. The van der Waals surface area contributed by atoms with Crippen LogP contribution in [-0.2, 0) is 9.59 Å². The molecule has 0 aliphatic carbocycles. The van der Waals surface area contributed by atoms with Gasteiger partial charge in [0.05, 0.1) is 17.8 Å². The summed E-state index contributed by atoms with van der Waals surface area (Å²) in [4.78, 5) is 42.8. The normalized spacial score (nSPS) is 18.0. The lowest BCUT2D eigenvalue weighted by molar-refractivity contribution is -0.133. The fourth-order valence-electron chi connectivity index (χ4n) is 3.92. The van der Waals surface area contributed by atoms with E-state index < -0.39 is 11.4 Å². The number of hydrogen-bond acceptors (Lipinski definition) is 5. The van der Waals surface area contributed by atoms with Gasteiger partial charge < -0.3 is 20.2 Å². The molecule has 0 bridgehead atoms. The first-order chi connectivity index (χ1) is 14.6. The van der Waals surface area contributed by atoms with Crippen molar-refractivity contribution in [2.75, 3.05) is 56.0 Å². The molecule has 0 saturated carbocycles. The first-order valence-corrected chi connectivity index (χ1v) is 11.1. The number of carbonyl (C=O) groups excluding carboxylic acids is 2. The average molecular weight is 431 g/mol. The largest absolute Gasteiger partial charge is 0.478 e. The number of carboxylic acid groups (broad SMARTS) is 1. The lowest BCUT2D eigenvalue weighted by Gasteiger charge is -2.37. The van der Waals surface area contributed by atoms with Gasteiger partial charge in [0, 0.05) is 50.4 Å². The topological polar surface area (TPSA) is 93.2 Å². The molecule has 8 heteroatoms. The standard InChI is InChI=1S/C23H34N4O4/c1-23(2,3)22(31)24-19-8-7-17(15-18(19)21(29)30)26-13-11-25(12-14-26)16-20(28)27-9-5-4-6-10-27/h7-8,15H,4-6,9-14,16H2,1-3H3,(H,24,31)(H,29,30). The zero-order valence-corrected chi connectivity index (χ0v) is 18.8. The van der Waals surface area contributed by atoms with Gasteiger partial charge in [0.1, 0.15) is 0 Å². The summed E-state index contributed by atoms with van der Waals surface area (Å²) in [6, 6.07) is 5.13. The van der Waals surface area contributed by atoms with Crippen LogP contribution >= 0.6 is 0 Å². The van der Waals surface area contributed by atoms with Crippen molar-refractivity contribution in [3.63, 3.8) is 0 Å². The lowest BCUT2D eigenvalue weighted by atomic mass is 9.95. The molecule has 8 nitrogen and oxygen atoms in total. The molecule has 0 atom stereocenters. The zero-order valence-electron chi connectivity index (χ0n) is 18.8. The highest BCUT2D eigenvalue weighted by Gasteiger charge is 2.26. The smallest absolute Gasteiger partial charge is 0.337 e. The minimum Gasteiger partial charge on any atom is -0.478 e. The first-order valence-electron chi connectivity index (χ1n) is 11.1. The Bertz CT molecular complexity index is 819. The summed E-state index contributed by atoms with van der Waals surface area (Å²) in [5, 5.41) is 12.4. The Morgan fingerprint density at radius 3 is 2.19 bits per heavy atom. The van der Waals surface area contributed by atoms with E-state index in [9.17, 15) is 19.5 Å². The van der Waals surface area contributed by atoms with Crippen molar-refractivity contribution < 1.29 is 19.5 Å². The number of carboxylic acids is 1. The van der Waals surface area contributed by atoms with Gasteiger partial charge in [-0.25, -0.2) is 4.79 Å². The maximum Gasteiger partial charge on any atom is 0.337 e. The number of amides is 2.